The highest BCUT2D eigenvalue weighted by Crippen LogP contribution is 2.29. The Morgan fingerprint density at radius 3 is 2.57 bits per heavy atom. The zero-order valence-electron chi connectivity index (χ0n) is 11.7. The largest absolute Gasteiger partial charge is 0.416 e. The quantitative estimate of drug-likeness (QED) is 0.807. The molecule has 0 aliphatic heterocycles. The topological polar surface area (TPSA) is 59.3 Å². The molecule has 0 fully saturated rings. The van der Waals surface area contributed by atoms with Gasteiger partial charge in [0.25, 0.3) is 0 Å². The molecular weight excluding hydrogens is 309 g/mol. The number of fused-ring (bicyclic) bond motifs is 1. The van der Waals surface area contributed by atoms with E-state index in [1.807, 2.05) is 0 Å². The van der Waals surface area contributed by atoms with E-state index in [1.165, 1.54) is 23.0 Å². The first-order chi connectivity index (χ1) is 10.9. The SMILES string of the molecule is O=C(Cc1cccc2ncnn12)Nc1ccc(C(F)(F)F)cc1. The molecule has 0 unspecified atom stereocenters. The summed E-state index contributed by atoms with van der Waals surface area (Å²) in [5, 5.41) is 6.58. The van der Waals surface area contributed by atoms with Crippen LogP contribution < -0.4 is 5.32 Å². The lowest BCUT2D eigenvalue weighted by atomic mass is 10.2. The van der Waals surface area contributed by atoms with Gasteiger partial charge >= 0.3 is 6.18 Å². The summed E-state index contributed by atoms with van der Waals surface area (Å²) in [5.74, 6) is -0.354. The summed E-state index contributed by atoms with van der Waals surface area (Å²) in [6.45, 7) is 0. The second-order valence-electron chi connectivity index (χ2n) is 4.85. The van der Waals surface area contributed by atoms with E-state index >= 15 is 0 Å². The molecule has 1 aromatic carbocycles. The van der Waals surface area contributed by atoms with E-state index in [0.29, 0.717) is 17.0 Å². The third-order valence-corrected chi connectivity index (χ3v) is 3.22. The number of alkyl halides is 3. The summed E-state index contributed by atoms with van der Waals surface area (Å²) >= 11 is 0. The molecule has 1 N–H and O–H groups in total. The highest BCUT2D eigenvalue weighted by atomic mass is 19.4. The third kappa shape index (κ3) is 3.31. The van der Waals surface area contributed by atoms with Gasteiger partial charge in [0.2, 0.25) is 5.91 Å². The van der Waals surface area contributed by atoms with Crippen molar-refractivity contribution in [1.82, 2.24) is 14.6 Å². The van der Waals surface area contributed by atoms with Gasteiger partial charge < -0.3 is 5.32 Å². The number of nitrogens with zero attached hydrogens (tertiary/aromatic N) is 3. The Bertz CT molecular complexity index is 840. The van der Waals surface area contributed by atoms with Crippen LogP contribution in [0.5, 0.6) is 0 Å². The maximum absolute atomic E-state index is 12.5. The molecule has 8 heteroatoms. The molecular formula is C15H11F3N4O. The fraction of sp³-hybridized carbons (Fsp3) is 0.133. The fourth-order valence-corrected chi connectivity index (χ4v) is 2.15. The zero-order valence-corrected chi connectivity index (χ0v) is 11.7. The second-order valence-corrected chi connectivity index (χ2v) is 4.85. The predicted octanol–water partition coefficient (Wildman–Crippen LogP) is 2.93. The number of anilines is 1. The highest BCUT2D eigenvalue weighted by Gasteiger charge is 2.29. The fourth-order valence-electron chi connectivity index (χ4n) is 2.15. The molecule has 0 saturated heterocycles. The maximum Gasteiger partial charge on any atom is 0.416 e. The van der Waals surface area contributed by atoms with Crippen LogP contribution in [0.25, 0.3) is 5.65 Å². The van der Waals surface area contributed by atoms with E-state index in [0.717, 1.165) is 12.1 Å². The molecule has 0 aliphatic rings. The summed E-state index contributed by atoms with van der Waals surface area (Å²) in [6.07, 6.45) is -2.99. The number of rotatable bonds is 3. The number of pyridine rings is 1. The molecule has 118 valence electrons. The Kier molecular flexibility index (Phi) is 3.73. The molecule has 0 atom stereocenters. The van der Waals surface area contributed by atoms with Crippen LogP contribution in [-0.4, -0.2) is 20.5 Å². The molecule has 2 heterocycles. The second kappa shape index (κ2) is 5.71. The molecule has 2 aromatic heterocycles. The molecule has 0 aliphatic carbocycles. The third-order valence-electron chi connectivity index (χ3n) is 3.22. The van der Waals surface area contributed by atoms with Gasteiger partial charge in [-0.25, -0.2) is 9.50 Å². The van der Waals surface area contributed by atoms with Crippen molar-refractivity contribution in [1.29, 1.82) is 0 Å². The highest BCUT2D eigenvalue weighted by molar-refractivity contribution is 5.92. The first kappa shape index (κ1) is 15.0. The van der Waals surface area contributed by atoms with Crippen molar-refractivity contribution >= 4 is 17.2 Å². The summed E-state index contributed by atoms with van der Waals surface area (Å²) in [6, 6.07) is 9.53. The molecule has 23 heavy (non-hydrogen) atoms. The van der Waals surface area contributed by atoms with Crippen LogP contribution in [0.3, 0.4) is 0 Å². The van der Waals surface area contributed by atoms with Gasteiger partial charge in [0.1, 0.15) is 6.33 Å². The predicted molar refractivity (Wildman–Crippen MR) is 76.8 cm³/mol. The number of amides is 1. The number of halogens is 3. The normalized spacial score (nSPS) is 11.6. The van der Waals surface area contributed by atoms with Gasteiger partial charge in [-0.2, -0.15) is 18.3 Å². The number of nitrogens with one attached hydrogen (secondary N) is 1. The van der Waals surface area contributed by atoms with Crippen LogP contribution in [0.1, 0.15) is 11.3 Å². The molecule has 0 spiro atoms. The van der Waals surface area contributed by atoms with E-state index in [9.17, 15) is 18.0 Å². The van der Waals surface area contributed by atoms with E-state index in [2.05, 4.69) is 15.4 Å². The minimum atomic E-state index is -4.40. The Morgan fingerprint density at radius 1 is 1.13 bits per heavy atom. The average molecular weight is 320 g/mol. The van der Waals surface area contributed by atoms with Crippen molar-refractivity contribution in [2.24, 2.45) is 0 Å². The minimum absolute atomic E-state index is 0.0295. The number of hydrogen-bond donors (Lipinski definition) is 1. The van der Waals surface area contributed by atoms with Gasteiger partial charge in [0.15, 0.2) is 5.65 Å². The van der Waals surface area contributed by atoms with Gasteiger partial charge in [-0.05, 0) is 36.4 Å². The van der Waals surface area contributed by atoms with E-state index < -0.39 is 11.7 Å². The monoisotopic (exact) mass is 320 g/mol. The van der Waals surface area contributed by atoms with Crippen molar-refractivity contribution in [2.75, 3.05) is 5.32 Å². The number of carbonyl (C=O) groups is 1. The van der Waals surface area contributed by atoms with Crippen LogP contribution in [0, 0.1) is 0 Å². The summed E-state index contributed by atoms with van der Waals surface area (Å²) < 4.78 is 39.0. The van der Waals surface area contributed by atoms with Gasteiger partial charge in [-0.3, -0.25) is 4.79 Å². The number of hydrogen-bond acceptors (Lipinski definition) is 3. The van der Waals surface area contributed by atoms with Gasteiger partial charge in [0, 0.05) is 5.69 Å². The van der Waals surface area contributed by atoms with Crippen molar-refractivity contribution < 1.29 is 18.0 Å². The zero-order chi connectivity index (χ0) is 16.4. The van der Waals surface area contributed by atoms with Gasteiger partial charge in [-0.1, -0.05) is 6.07 Å². The van der Waals surface area contributed by atoms with Crippen molar-refractivity contribution in [3.8, 4) is 0 Å². The van der Waals surface area contributed by atoms with Crippen LogP contribution in [0.4, 0.5) is 18.9 Å². The average Bonchev–Trinajstić information content (AvgIpc) is 2.96. The van der Waals surface area contributed by atoms with Crippen molar-refractivity contribution in [2.45, 2.75) is 12.6 Å². The summed E-state index contributed by atoms with van der Waals surface area (Å²) in [7, 11) is 0. The minimum Gasteiger partial charge on any atom is -0.326 e. The summed E-state index contributed by atoms with van der Waals surface area (Å²) in [5.41, 5.74) is 0.783. The maximum atomic E-state index is 12.5. The van der Waals surface area contributed by atoms with Gasteiger partial charge in [0.05, 0.1) is 17.7 Å². The molecule has 0 radical (unpaired) electrons. The van der Waals surface area contributed by atoms with E-state index in [1.54, 1.807) is 18.2 Å². The smallest absolute Gasteiger partial charge is 0.326 e. The van der Waals surface area contributed by atoms with Crippen LogP contribution in [0.2, 0.25) is 0 Å². The number of carbonyl (C=O) groups excluding carboxylic acids is 1. The summed E-state index contributed by atoms with van der Waals surface area (Å²) in [4.78, 5) is 16.1. The number of benzene rings is 1. The lowest BCUT2D eigenvalue weighted by Gasteiger charge is -2.09. The Hall–Kier alpha value is -2.90. The molecule has 0 bridgehead atoms. The molecule has 0 saturated carbocycles. The van der Waals surface area contributed by atoms with Crippen LogP contribution in [0.15, 0.2) is 48.8 Å². The molecule has 3 rings (SSSR count). The lowest BCUT2D eigenvalue weighted by molar-refractivity contribution is -0.137. The van der Waals surface area contributed by atoms with Crippen molar-refractivity contribution in [3.63, 3.8) is 0 Å². The Morgan fingerprint density at radius 2 is 1.87 bits per heavy atom. The standard InChI is InChI=1S/C15H11F3N4O/c16-15(17,18)10-4-6-11(7-5-10)21-14(23)8-12-2-1-3-13-19-9-20-22(12)13/h1-7,9H,8H2,(H,21,23). The van der Waals surface area contributed by atoms with Crippen molar-refractivity contribution in [3.05, 3.63) is 60.0 Å². The van der Waals surface area contributed by atoms with E-state index in [4.69, 9.17) is 0 Å². The van der Waals surface area contributed by atoms with Crippen LogP contribution in [-0.2, 0) is 17.4 Å². The first-order valence-corrected chi connectivity index (χ1v) is 6.68. The Labute approximate surface area is 128 Å². The van der Waals surface area contributed by atoms with Crippen LogP contribution >= 0.6 is 0 Å². The van der Waals surface area contributed by atoms with E-state index in [-0.39, 0.29) is 12.3 Å². The molecule has 1 amide bonds. The molecule has 3 aromatic rings. The first-order valence-electron chi connectivity index (χ1n) is 6.68. The van der Waals surface area contributed by atoms with Gasteiger partial charge in [-0.15, -0.1) is 0 Å². The number of aromatic nitrogens is 3. The molecule has 5 nitrogen and oxygen atoms in total. The Balaban J connectivity index is 1.71. The lowest BCUT2D eigenvalue weighted by Crippen LogP contribution is -2.16.